The van der Waals surface area contributed by atoms with Crippen molar-refractivity contribution >= 4 is 5.82 Å². The zero-order valence-electron chi connectivity index (χ0n) is 9.16. The Morgan fingerprint density at radius 2 is 2.21 bits per heavy atom. The molecule has 14 heavy (non-hydrogen) atoms. The van der Waals surface area contributed by atoms with Gasteiger partial charge in [-0.1, -0.05) is 6.07 Å². The number of hydrogen-bond acceptors (Lipinski definition) is 3. The summed E-state index contributed by atoms with van der Waals surface area (Å²) in [6.45, 7) is 6.45. The first-order chi connectivity index (χ1) is 6.74. The minimum Gasteiger partial charge on any atom is -0.380 e. The van der Waals surface area contributed by atoms with Gasteiger partial charge in [0, 0.05) is 26.4 Å². The van der Waals surface area contributed by atoms with Gasteiger partial charge in [0.15, 0.2) is 0 Å². The van der Waals surface area contributed by atoms with E-state index in [0.717, 1.165) is 25.6 Å². The van der Waals surface area contributed by atoms with E-state index in [2.05, 4.69) is 16.0 Å². The van der Waals surface area contributed by atoms with E-state index in [1.807, 2.05) is 33.2 Å². The Balaban J connectivity index is 2.43. The van der Waals surface area contributed by atoms with Crippen LogP contribution in [0.3, 0.4) is 0 Å². The normalized spacial score (nSPS) is 10.2. The van der Waals surface area contributed by atoms with Crippen molar-refractivity contribution in [1.29, 1.82) is 0 Å². The van der Waals surface area contributed by atoms with Gasteiger partial charge in [-0.15, -0.1) is 0 Å². The second kappa shape index (κ2) is 5.60. The summed E-state index contributed by atoms with van der Waals surface area (Å²) in [5.41, 5.74) is 1.19. The second-order valence-corrected chi connectivity index (χ2v) is 3.31. The van der Waals surface area contributed by atoms with Crippen LogP contribution < -0.4 is 4.90 Å². The number of aromatic nitrogens is 1. The largest absolute Gasteiger partial charge is 0.380 e. The van der Waals surface area contributed by atoms with Crippen molar-refractivity contribution in [3.8, 4) is 0 Å². The molecule has 3 heteroatoms. The van der Waals surface area contributed by atoms with E-state index in [-0.39, 0.29) is 0 Å². The molecule has 0 aliphatic rings. The van der Waals surface area contributed by atoms with Crippen LogP contribution in [-0.4, -0.2) is 31.8 Å². The van der Waals surface area contributed by atoms with Crippen molar-refractivity contribution in [1.82, 2.24) is 4.98 Å². The molecular weight excluding hydrogens is 176 g/mol. The lowest BCUT2D eigenvalue weighted by molar-refractivity contribution is 0.154. The first-order valence-electron chi connectivity index (χ1n) is 4.95. The van der Waals surface area contributed by atoms with Gasteiger partial charge >= 0.3 is 0 Å². The molecule has 0 aliphatic carbocycles. The molecule has 0 saturated carbocycles. The van der Waals surface area contributed by atoms with Crippen LogP contribution in [0.1, 0.15) is 12.5 Å². The number of anilines is 1. The molecule has 1 heterocycles. The van der Waals surface area contributed by atoms with Crippen molar-refractivity contribution in [2.75, 3.05) is 31.7 Å². The summed E-state index contributed by atoms with van der Waals surface area (Å²) < 4.78 is 5.28. The number of likely N-dealkylation sites (N-methyl/N-ethyl adjacent to an activating group) is 1. The van der Waals surface area contributed by atoms with Crippen molar-refractivity contribution in [2.24, 2.45) is 0 Å². The molecule has 78 valence electrons. The minimum absolute atomic E-state index is 0.753. The molecule has 0 radical (unpaired) electrons. The van der Waals surface area contributed by atoms with E-state index in [9.17, 15) is 0 Å². The van der Waals surface area contributed by atoms with Crippen molar-refractivity contribution in [3.63, 3.8) is 0 Å². The zero-order valence-corrected chi connectivity index (χ0v) is 9.16. The monoisotopic (exact) mass is 194 g/mol. The maximum atomic E-state index is 5.28. The van der Waals surface area contributed by atoms with Gasteiger partial charge in [0.2, 0.25) is 0 Å². The fourth-order valence-electron chi connectivity index (χ4n) is 1.15. The average Bonchev–Trinajstić information content (AvgIpc) is 2.19. The van der Waals surface area contributed by atoms with Crippen LogP contribution in [0.4, 0.5) is 5.82 Å². The van der Waals surface area contributed by atoms with Gasteiger partial charge in [-0.05, 0) is 25.5 Å². The molecule has 0 saturated heterocycles. The van der Waals surface area contributed by atoms with E-state index in [1.54, 1.807) is 0 Å². The Bertz CT molecular complexity index is 258. The van der Waals surface area contributed by atoms with Crippen molar-refractivity contribution in [2.45, 2.75) is 13.8 Å². The highest BCUT2D eigenvalue weighted by Crippen LogP contribution is 2.08. The van der Waals surface area contributed by atoms with Crippen LogP contribution in [0, 0.1) is 6.92 Å². The second-order valence-electron chi connectivity index (χ2n) is 3.31. The van der Waals surface area contributed by atoms with Crippen molar-refractivity contribution < 1.29 is 4.74 Å². The van der Waals surface area contributed by atoms with Crippen LogP contribution >= 0.6 is 0 Å². The molecule has 0 unspecified atom stereocenters. The molecule has 1 rings (SSSR count). The predicted octanol–water partition coefficient (Wildman–Crippen LogP) is 1.86. The quantitative estimate of drug-likeness (QED) is 0.669. The highest BCUT2D eigenvalue weighted by molar-refractivity contribution is 5.37. The van der Waals surface area contributed by atoms with Crippen LogP contribution in [0.5, 0.6) is 0 Å². The van der Waals surface area contributed by atoms with Crippen molar-refractivity contribution in [3.05, 3.63) is 23.9 Å². The summed E-state index contributed by atoms with van der Waals surface area (Å²) in [6.07, 6.45) is 1.88. The Kier molecular flexibility index (Phi) is 4.40. The van der Waals surface area contributed by atoms with Crippen LogP contribution in [0.2, 0.25) is 0 Å². The van der Waals surface area contributed by atoms with Gasteiger partial charge in [-0.25, -0.2) is 4.98 Å². The number of aryl methyl sites for hydroxylation is 1. The van der Waals surface area contributed by atoms with Gasteiger partial charge < -0.3 is 9.64 Å². The topological polar surface area (TPSA) is 25.4 Å². The summed E-state index contributed by atoms with van der Waals surface area (Å²) in [4.78, 5) is 6.42. The minimum atomic E-state index is 0.753. The maximum Gasteiger partial charge on any atom is 0.128 e. The van der Waals surface area contributed by atoms with E-state index < -0.39 is 0 Å². The molecule has 0 atom stereocenters. The third-order valence-electron chi connectivity index (χ3n) is 2.06. The number of pyridine rings is 1. The molecule has 0 fully saturated rings. The summed E-state index contributed by atoms with van der Waals surface area (Å²) in [5.74, 6) is 0.996. The average molecular weight is 194 g/mol. The Morgan fingerprint density at radius 3 is 2.79 bits per heavy atom. The number of hydrogen-bond donors (Lipinski definition) is 0. The molecule has 1 aromatic heterocycles. The lowest BCUT2D eigenvalue weighted by Crippen LogP contribution is -2.23. The van der Waals surface area contributed by atoms with E-state index in [0.29, 0.717) is 0 Å². The zero-order chi connectivity index (χ0) is 10.4. The molecule has 0 spiro atoms. The lowest BCUT2D eigenvalue weighted by Gasteiger charge is -2.17. The molecule has 1 aromatic rings. The Labute approximate surface area is 85.7 Å². The SMILES string of the molecule is CCOCCN(C)c1ccc(C)cn1. The van der Waals surface area contributed by atoms with Gasteiger partial charge in [-0.3, -0.25) is 0 Å². The fourth-order valence-corrected chi connectivity index (χ4v) is 1.15. The highest BCUT2D eigenvalue weighted by atomic mass is 16.5. The molecule has 0 amide bonds. The van der Waals surface area contributed by atoms with Crippen LogP contribution in [0.15, 0.2) is 18.3 Å². The molecule has 0 aromatic carbocycles. The summed E-state index contributed by atoms with van der Waals surface area (Å²) in [6, 6.07) is 4.10. The third-order valence-corrected chi connectivity index (χ3v) is 2.06. The van der Waals surface area contributed by atoms with Crippen LogP contribution in [0.25, 0.3) is 0 Å². The molecule has 0 N–H and O–H groups in total. The Hall–Kier alpha value is -1.09. The summed E-state index contributed by atoms with van der Waals surface area (Å²) in [7, 11) is 2.02. The van der Waals surface area contributed by atoms with Gasteiger partial charge in [0.1, 0.15) is 5.82 Å². The fraction of sp³-hybridized carbons (Fsp3) is 0.545. The molecule has 0 aliphatic heterocycles. The van der Waals surface area contributed by atoms with E-state index in [4.69, 9.17) is 4.74 Å². The van der Waals surface area contributed by atoms with E-state index in [1.165, 1.54) is 5.56 Å². The highest BCUT2D eigenvalue weighted by Gasteiger charge is 2.00. The third kappa shape index (κ3) is 3.34. The molecule has 0 bridgehead atoms. The standard InChI is InChI=1S/C11H18N2O/c1-4-14-8-7-13(3)11-6-5-10(2)9-12-11/h5-6,9H,4,7-8H2,1-3H3. The maximum absolute atomic E-state index is 5.28. The first-order valence-corrected chi connectivity index (χ1v) is 4.95. The smallest absolute Gasteiger partial charge is 0.128 e. The number of nitrogens with zero attached hydrogens (tertiary/aromatic N) is 2. The lowest BCUT2D eigenvalue weighted by atomic mass is 10.3. The van der Waals surface area contributed by atoms with Gasteiger partial charge in [0.05, 0.1) is 6.61 Å². The molecular formula is C11H18N2O. The summed E-state index contributed by atoms with van der Waals surface area (Å²) >= 11 is 0. The summed E-state index contributed by atoms with van der Waals surface area (Å²) in [5, 5.41) is 0. The van der Waals surface area contributed by atoms with Gasteiger partial charge in [0.25, 0.3) is 0 Å². The van der Waals surface area contributed by atoms with E-state index >= 15 is 0 Å². The predicted molar refractivity (Wildman–Crippen MR) is 58.7 cm³/mol. The van der Waals surface area contributed by atoms with Crippen LogP contribution in [-0.2, 0) is 4.74 Å². The first kappa shape index (κ1) is 11.0. The van der Waals surface area contributed by atoms with Gasteiger partial charge in [-0.2, -0.15) is 0 Å². The Morgan fingerprint density at radius 1 is 1.43 bits per heavy atom. The number of rotatable bonds is 5. The number of ether oxygens (including phenoxy) is 1. The molecule has 3 nitrogen and oxygen atoms in total.